The second kappa shape index (κ2) is 35.1. The maximum Gasteiger partial charge on any atom is 0.220 e. The third kappa shape index (κ3) is 26.2. The van der Waals surface area contributed by atoms with Crippen LogP contribution >= 0.6 is 0 Å². The first-order chi connectivity index (χ1) is 25.8. The van der Waals surface area contributed by atoms with Crippen molar-refractivity contribution in [3.8, 4) is 0 Å². The van der Waals surface area contributed by atoms with Gasteiger partial charge >= 0.3 is 0 Å². The third-order valence-electron chi connectivity index (χ3n) is 10.5. The van der Waals surface area contributed by atoms with Crippen LogP contribution in [-0.2, 0) is 14.3 Å². The van der Waals surface area contributed by atoms with Gasteiger partial charge in [0.15, 0.2) is 6.29 Å². The van der Waals surface area contributed by atoms with Gasteiger partial charge in [0.25, 0.3) is 0 Å². The minimum atomic E-state index is -1.57. The Morgan fingerprint density at radius 1 is 0.623 bits per heavy atom. The van der Waals surface area contributed by atoms with Crippen LogP contribution in [0.5, 0.6) is 0 Å². The highest BCUT2D eigenvalue weighted by Crippen LogP contribution is 2.22. The molecule has 0 bridgehead atoms. The largest absolute Gasteiger partial charge is 0.394 e. The monoisotopic (exact) mass is 754 g/mol. The second-order valence-corrected chi connectivity index (χ2v) is 15.5. The van der Waals surface area contributed by atoms with Gasteiger partial charge in [-0.1, -0.05) is 179 Å². The van der Waals surface area contributed by atoms with Gasteiger partial charge < -0.3 is 40.3 Å². The minimum Gasteiger partial charge on any atom is -0.394 e. The van der Waals surface area contributed by atoms with E-state index in [4.69, 9.17) is 9.47 Å². The van der Waals surface area contributed by atoms with E-state index in [1.165, 1.54) is 135 Å². The van der Waals surface area contributed by atoms with E-state index in [-0.39, 0.29) is 12.5 Å². The van der Waals surface area contributed by atoms with Crippen LogP contribution in [0, 0.1) is 0 Å². The Morgan fingerprint density at radius 3 is 1.58 bits per heavy atom. The molecule has 9 heteroatoms. The fourth-order valence-corrected chi connectivity index (χ4v) is 6.94. The van der Waals surface area contributed by atoms with Crippen LogP contribution in [0.3, 0.4) is 0 Å². The number of amides is 1. The Balaban J connectivity index is 2.29. The average Bonchev–Trinajstić information content (AvgIpc) is 3.16. The van der Waals surface area contributed by atoms with Crippen LogP contribution in [0.2, 0.25) is 0 Å². The summed E-state index contributed by atoms with van der Waals surface area (Å²) in [6.45, 7) is 3.70. The van der Waals surface area contributed by atoms with Crippen molar-refractivity contribution in [1.82, 2.24) is 5.32 Å². The molecule has 312 valence electrons. The molecule has 0 aromatic rings. The predicted octanol–water partition coefficient (Wildman–Crippen LogP) is 8.72. The molecular formula is C44H83NO8. The Kier molecular flexibility index (Phi) is 32.9. The first kappa shape index (κ1) is 49.7. The van der Waals surface area contributed by atoms with E-state index in [2.05, 4.69) is 31.3 Å². The summed E-state index contributed by atoms with van der Waals surface area (Å²) in [6.07, 6.45) is 34.0. The molecule has 7 unspecified atom stereocenters. The summed E-state index contributed by atoms with van der Waals surface area (Å²) in [4.78, 5) is 12.8. The van der Waals surface area contributed by atoms with Gasteiger partial charge in [0.05, 0.1) is 25.4 Å². The molecule has 1 rings (SSSR count). The fraction of sp³-hybridized carbons (Fsp3) is 0.886. The van der Waals surface area contributed by atoms with Crippen molar-refractivity contribution in [2.75, 3.05) is 13.2 Å². The molecule has 9 nitrogen and oxygen atoms in total. The van der Waals surface area contributed by atoms with E-state index in [0.717, 1.165) is 38.5 Å². The fourth-order valence-electron chi connectivity index (χ4n) is 6.94. The summed E-state index contributed by atoms with van der Waals surface area (Å²) in [5.41, 5.74) is 0. The van der Waals surface area contributed by atoms with Crippen molar-refractivity contribution in [3.63, 3.8) is 0 Å². The molecule has 0 radical (unpaired) electrons. The molecule has 53 heavy (non-hydrogen) atoms. The highest BCUT2D eigenvalue weighted by atomic mass is 16.7. The Morgan fingerprint density at radius 2 is 1.08 bits per heavy atom. The first-order valence-corrected chi connectivity index (χ1v) is 22.1. The van der Waals surface area contributed by atoms with Gasteiger partial charge in [-0.05, 0) is 32.1 Å². The van der Waals surface area contributed by atoms with Crippen LogP contribution in [0.4, 0.5) is 0 Å². The molecule has 1 aliphatic rings. The van der Waals surface area contributed by atoms with Crippen LogP contribution in [0.15, 0.2) is 24.3 Å². The normalized spacial score (nSPS) is 21.8. The maximum atomic E-state index is 12.8. The molecule has 7 atom stereocenters. The maximum absolute atomic E-state index is 12.8. The number of rotatable bonds is 36. The van der Waals surface area contributed by atoms with Crippen LogP contribution in [0.25, 0.3) is 0 Å². The van der Waals surface area contributed by atoms with E-state index in [1.807, 2.05) is 6.08 Å². The molecule has 0 spiro atoms. The zero-order chi connectivity index (χ0) is 38.8. The summed E-state index contributed by atoms with van der Waals surface area (Å²) >= 11 is 0. The lowest BCUT2D eigenvalue weighted by atomic mass is 9.99. The van der Waals surface area contributed by atoms with Gasteiger partial charge in [0.2, 0.25) is 5.91 Å². The van der Waals surface area contributed by atoms with Gasteiger partial charge in [0.1, 0.15) is 24.4 Å². The number of hydrogen-bond acceptors (Lipinski definition) is 8. The van der Waals surface area contributed by atoms with E-state index < -0.39 is 49.5 Å². The first-order valence-electron chi connectivity index (χ1n) is 22.1. The van der Waals surface area contributed by atoms with Crippen LogP contribution in [-0.4, -0.2) is 87.5 Å². The van der Waals surface area contributed by atoms with Crippen molar-refractivity contribution in [1.29, 1.82) is 0 Å². The van der Waals surface area contributed by atoms with Crippen LogP contribution in [0.1, 0.15) is 194 Å². The predicted molar refractivity (Wildman–Crippen MR) is 217 cm³/mol. The molecule has 0 aliphatic carbocycles. The van der Waals surface area contributed by atoms with E-state index in [1.54, 1.807) is 6.08 Å². The number of carbonyl (C=O) groups excluding carboxylic acids is 1. The van der Waals surface area contributed by atoms with Crippen molar-refractivity contribution in [3.05, 3.63) is 24.3 Å². The molecule has 1 saturated heterocycles. The number of unbranched alkanes of at least 4 members (excludes halogenated alkanes) is 24. The standard InChI is InChI=1S/C44H83NO8/c1-3-5-7-9-11-12-13-14-15-16-17-18-19-20-21-22-23-24-25-26-28-29-31-33-38(47)37(45-40(48)34-32-30-27-10-8-6-4-2)36-52-44-43(51)42(50)41(49)39(35-46)53-44/h25-26,31,33,37-39,41-44,46-47,49-51H,3-24,27-30,32,34-36H2,1-2H3,(H,45,48)/b26-25+,33-31+. The zero-order valence-electron chi connectivity index (χ0n) is 34.0. The number of allylic oxidation sites excluding steroid dienone is 3. The second-order valence-electron chi connectivity index (χ2n) is 15.5. The van der Waals surface area contributed by atoms with Crippen molar-refractivity contribution < 1.29 is 39.8 Å². The SMILES string of the molecule is CCCCCCCCCCCCCCCCCCC/C=C/CC/C=C/C(O)C(COC1OC(CO)C(O)C(O)C1O)NC(=O)CCCCCCCCC. The number of carbonyl (C=O) groups is 1. The van der Waals surface area contributed by atoms with Gasteiger partial charge in [0, 0.05) is 6.42 Å². The molecule has 1 fully saturated rings. The number of ether oxygens (including phenoxy) is 2. The third-order valence-corrected chi connectivity index (χ3v) is 10.5. The quantitative estimate of drug-likeness (QED) is 0.0275. The molecule has 0 aromatic carbocycles. The van der Waals surface area contributed by atoms with Gasteiger partial charge in [-0.3, -0.25) is 4.79 Å². The summed E-state index contributed by atoms with van der Waals surface area (Å²) in [5, 5.41) is 53.9. The minimum absolute atomic E-state index is 0.194. The lowest BCUT2D eigenvalue weighted by molar-refractivity contribution is -0.302. The van der Waals surface area contributed by atoms with Crippen molar-refractivity contribution in [2.24, 2.45) is 0 Å². The summed E-state index contributed by atoms with van der Waals surface area (Å²) < 4.78 is 11.1. The molecular weight excluding hydrogens is 670 g/mol. The number of hydrogen-bond donors (Lipinski definition) is 6. The smallest absolute Gasteiger partial charge is 0.220 e. The highest BCUT2D eigenvalue weighted by Gasteiger charge is 2.44. The van der Waals surface area contributed by atoms with Gasteiger partial charge in [-0.25, -0.2) is 0 Å². The summed E-state index contributed by atoms with van der Waals surface area (Å²) in [6, 6.07) is -0.814. The Hall–Kier alpha value is -1.33. The average molecular weight is 754 g/mol. The summed E-state index contributed by atoms with van der Waals surface area (Å²) in [7, 11) is 0. The van der Waals surface area contributed by atoms with E-state index >= 15 is 0 Å². The van der Waals surface area contributed by atoms with Crippen molar-refractivity contribution >= 4 is 5.91 Å². The topological polar surface area (TPSA) is 149 Å². The number of aliphatic hydroxyl groups excluding tert-OH is 5. The molecule has 6 N–H and O–H groups in total. The Labute approximate surface area is 324 Å². The zero-order valence-corrected chi connectivity index (χ0v) is 34.0. The Bertz CT molecular complexity index is 883. The van der Waals surface area contributed by atoms with Gasteiger partial charge in [-0.15, -0.1) is 0 Å². The lowest BCUT2D eigenvalue weighted by Gasteiger charge is -2.40. The molecule has 1 aliphatic heterocycles. The van der Waals surface area contributed by atoms with E-state index in [9.17, 15) is 30.3 Å². The lowest BCUT2D eigenvalue weighted by Crippen LogP contribution is -2.60. The molecule has 0 saturated carbocycles. The van der Waals surface area contributed by atoms with E-state index in [0.29, 0.717) is 6.42 Å². The molecule has 1 heterocycles. The number of nitrogens with one attached hydrogen (secondary N) is 1. The molecule has 0 aromatic heterocycles. The van der Waals surface area contributed by atoms with Crippen molar-refractivity contribution in [2.45, 2.75) is 236 Å². The summed E-state index contributed by atoms with van der Waals surface area (Å²) in [5.74, 6) is -0.194. The highest BCUT2D eigenvalue weighted by molar-refractivity contribution is 5.76. The number of aliphatic hydroxyl groups is 5. The van der Waals surface area contributed by atoms with Crippen LogP contribution < -0.4 is 5.32 Å². The molecule has 1 amide bonds. The van der Waals surface area contributed by atoms with Gasteiger partial charge in [-0.2, -0.15) is 0 Å².